The largest absolute Gasteiger partial charge is 0.312 e. The van der Waals surface area contributed by atoms with E-state index in [0.717, 1.165) is 17.9 Å². The highest BCUT2D eigenvalue weighted by Gasteiger charge is 2.37. The minimum absolute atomic E-state index is 0.267. The second-order valence-electron chi connectivity index (χ2n) is 8.32. The molecule has 3 fully saturated rings. The number of piperazine rings is 1. The van der Waals surface area contributed by atoms with Crippen LogP contribution in [0.2, 0.25) is 0 Å². The molecule has 0 aromatic heterocycles. The van der Waals surface area contributed by atoms with Crippen LogP contribution in [-0.2, 0) is 0 Å². The summed E-state index contributed by atoms with van der Waals surface area (Å²) in [6.45, 7) is 14.7. The average molecular weight is 279 g/mol. The highest BCUT2D eigenvalue weighted by molar-refractivity contribution is 4.93. The lowest BCUT2D eigenvalue weighted by atomic mass is 9.77. The molecule has 0 spiro atoms. The second-order valence-corrected chi connectivity index (χ2v) is 8.32. The molecule has 1 aliphatic heterocycles. The van der Waals surface area contributed by atoms with Gasteiger partial charge in [-0.3, -0.25) is 4.90 Å². The van der Waals surface area contributed by atoms with E-state index in [9.17, 15) is 0 Å². The second kappa shape index (κ2) is 5.94. The van der Waals surface area contributed by atoms with Gasteiger partial charge in [-0.1, -0.05) is 0 Å². The van der Waals surface area contributed by atoms with E-state index >= 15 is 0 Å². The van der Waals surface area contributed by atoms with Gasteiger partial charge in [0.05, 0.1) is 0 Å². The maximum atomic E-state index is 3.70. The Morgan fingerprint density at radius 3 is 2.15 bits per heavy atom. The number of rotatable bonds is 5. The van der Waals surface area contributed by atoms with E-state index in [1.807, 2.05) is 0 Å². The Kier molecular flexibility index (Phi) is 4.40. The van der Waals surface area contributed by atoms with Crippen LogP contribution in [0.25, 0.3) is 0 Å². The van der Waals surface area contributed by atoms with Gasteiger partial charge in [0.25, 0.3) is 0 Å². The molecule has 2 saturated carbocycles. The van der Waals surface area contributed by atoms with Crippen LogP contribution in [-0.4, -0.2) is 60.6 Å². The van der Waals surface area contributed by atoms with Crippen molar-refractivity contribution in [1.29, 1.82) is 0 Å². The molecule has 3 nitrogen and oxygen atoms in total. The first-order valence-electron chi connectivity index (χ1n) is 8.73. The van der Waals surface area contributed by atoms with Crippen LogP contribution in [0.3, 0.4) is 0 Å². The van der Waals surface area contributed by atoms with Crippen molar-refractivity contribution in [1.82, 2.24) is 15.1 Å². The smallest absolute Gasteiger partial charge is 0.0137 e. The summed E-state index contributed by atoms with van der Waals surface area (Å²) in [5, 5.41) is 3.70. The Hall–Kier alpha value is -0.120. The topological polar surface area (TPSA) is 18.5 Å². The van der Waals surface area contributed by atoms with Crippen LogP contribution < -0.4 is 5.32 Å². The predicted molar refractivity (Wildman–Crippen MR) is 85.0 cm³/mol. The van der Waals surface area contributed by atoms with E-state index in [1.165, 1.54) is 65.0 Å². The van der Waals surface area contributed by atoms with E-state index in [2.05, 4.69) is 35.9 Å². The maximum absolute atomic E-state index is 3.70. The molecule has 116 valence electrons. The minimum atomic E-state index is 0.267. The van der Waals surface area contributed by atoms with Crippen molar-refractivity contribution in [2.24, 2.45) is 11.8 Å². The molecule has 1 heterocycles. The van der Waals surface area contributed by atoms with Crippen LogP contribution in [0.1, 0.15) is 46.5 Å². The van der Waals surface area contributed by atoms with Crippen molar-refractivity contribution in [3.8, 4) is 0 Å². The fourth-order valence-electron chi connectivity index (χ4n) is 3.65. The van der Waals surface area contributed by atoms with E-state index in [1.54, 1.807) is 0 Å². The highest BCUT2D eigenvalue weighted by atomic mass is 15.3. The Morgan fingerprint density at radius 1 is 0.950 bits per heavy atom. The normalized spacial score (nSPS) is 33.1. The van der Waals surface area contributed by atoms with Crippen molar-refractivity contribution in [2.45, 2.75) is 58.0 Å². The summed E-state index contributed by atoms with van der Waals surface area (Å²) in [4.78, 5) is 5.48. The number of hydrogen-bond acceptors (Lipinski definition) is 3. The summed E-state index contributed by atoms with van der Waals surface area (Å²) < 4.78 is 0. The lowest BCUT2D eigenvalue weighted by Crippen LogP contribution is -2.58. The molecule has 0 radical (unpaired) electrons. The monoisotopic (exact) mass is 279 g/mol. The first-order chi connectivity index (χ1) is 9.51. The zero-order chi connectivity index (χ0) is 14.2. The summed E-state index contributed by atoms with van der Waals surface area (Å²) in [6, 6.07) is 0.868. The van der Waals surface area contributed by atoms with Crippen LogP contribution in [0.5, 0.6) is 0 Å². The third kappa shape index (κ3) is 3.96. The van der Waals surface area contributed by atoms with Crippen LogP contribution >= 0.6 is 0 Å². The van der Waals surface area contributed by atoms with Crippen LogP contribution in [0.4, 0.5) is 0 Å². The molecule has 2 unspecified atom stereocenters. The minimum Gasteiger partial charge on any atom is -0.312 e. The molecule has 3 aliphatic rings. The fourth-order valence-corrected chi connectivity index (χ4v) is 3.65. The average Bonchev–Trinajstić information content (AvgIpc) is 3.13. The molecule has 0 bridgehead atoms. The van der Waals surface area contributed by atoms with Gasteiger partial charge >= 0.3 is 0 Å². The molecule has 0 aromatic carbocycles. The SMILES string of the molecule is CC(C)(C)NCC1CCC1N1CCN(CC2CC2)CC1. The lowest BCUT2D eigenvalue weighted by Gasteiger charge is -2.48. The first-order valence-corrected chi connectivity index (χ1v) is 8.73. The van der Waals surface area contributed by atoms with E-state index in [4.69, 9.17) is 0 Å². The van der Waals surface area contributed by atoms with E-state index in [-0.39, 0.29) is 5.54 Å². The van der Waals surface area contributed by atoms with Crippen molar-refractivity contribution in [3.05, 3.63) is 0 Å². The Morgan fingerprint density at radius 2 is 1.65 bits per heavy atom. The standard InChI is InChI=1S/C17H33N3/c1-17(2,3)18-12-15-6-7-16(15)20-10-8-19(9-11-20)13-14-4-5-14/h14-16,18H,4-13H2,1-3H3. The summed E-state index contributed by atoms with van der Waals surface area (Å²) in [7, 11) is 0. The summed E-state index contributed by atoms with van der Waals surface area (Å²) in [5.41, 5.74) is 0.267. The Labute approximate surface area is 125 Å². The summed E-state index contributed by atoms with van der Waals surface area (Å²) in [5.74, 6) is 1.94. The van der Waals surface area contributed by atoms with E-state index in [0.29, 0.717) is 0 Å². The molecular formula is C17H33N3. The van der Waals surface area contributed by atoms with Crippen LogP contribution in [0.15, 0.2) is 0 Å². The molecule has 1 N–H and O–H groups in total. The zero-order valence-electron chi connectivity index (χ0n) is 13.7. The molecule has 20 heavy (non-hydrogen) atoms. The lowest BCUT2D eigenvalue weighted by molar-refractivity contribution is 0.0180. The molecule has 3 heteroatoms. The molecule has 3 rings (SSSR count). The third-order valence-electron chi connectivity index (χ3n) is 5.36. The Bertz CT molecular complexity index is 311. The van der Waals surface area contributed by atoms with Crippen molar-refractivity contribution < 1.29 is 0 Å². The van der Waals surface area contributed by atoms with Gasteiger partial charge < -0.3 is 10.2 Å². The number of hydrogen-bond donors (Lipinski definition) is 1. The first kappa shape index (κ1) is 14.8. The molecular weight excluding hydrogens is 246 g/mol. The van der Waals surface area contributed by atoms with Crippen molar-refractivity contribution in [3.63, 3.8) is 0 Å². The van der Waals surface area contributed by atoms with Crippen molar-refractivity contribution >= 4 is 0 Å². The molecule has 0 amide bonds. The number of nitrogens with one attached hydrogen (secondary N) is 1. The van der Waals surface area contributed by atoms with E-state index < -0.39 is 0 Å². The predicted octanol–water partition coefficient (Wildman–Crippen LogP) is 2.18. The molecule has 0 aromatic rings. The molecule has 1 saturated heterocycles. The van der Waals surface area contributed by atoms with Gasteiger partial charge in [-0.05, 0) is 64.8 Å². The van der Waals surface area contributed by atoms with Gasteiger partial charge in [-0.2, -0.15) is 0 Å². The summed E-state index contributed by atoms with van der Waals surface area (Å²) in [6.07, 6.45) is 5.84. The van der Waals surface area contributed by atoms with Gasteiger partial charge in [-0.15, -0.1) is 0 Å². The zero-order valence-corrected chi connectivity index (χ0v) is 13.7. The maximum Gasteiger partial charge on any atom is 0.0137 e. The Balaban J connectivity index is 1.39. The van der Waals surface area contributed by atoms with Crippen molar-refractivity contribution in [2.75, 3.05) is 39.3 Å². The molecule has 2 atom stereocenters. The number of nitrogens with zero attached hydrogens (tertiary/aromatic N) is 2. The van der Waals surface area contributed by atoms with Gasteiger partial charge in [0.2, 0.25) is 0 Å². The van der Waals surface area contributed by atoms with Crippen LogP contribution in [0, 0.1) is 11.8 Å². The van der Waals surface area contributed by atoms with Gasteiger partial charge in [0, 0.05) is 44.3 Å². The van der Waals surface area contributed by atoms with Gasteiger partial charge in [0.15, 0.2) is 0 Å². The van der Waals surface area contributed by atoms with Gasteiger partial charge in [0.1, 0.15) is 0 Å². The fraction of sp³-hybridized carbons (Fsp3) is 1.00. The van der Waals surface area contributed by atoms with Gasteiger partial charge in [-0.25, -0.2) is 0 Å². The summed E-state index contributed by atoms with van der Waals surface area (Å²) >= 11 is 0. The highest BCUT2D eigenvalue weighted by Crippen LogP contribution is 2.34. The quantitative estimate of drug-likeness (QED) is 0.832. The third-order valence-corrected chi connectivity index (χ3v) is 5.36. The molecule has 2 aliphatic carbocycles.